The van der Waals surface area contributed by atoms with Crippen molar-refractivity contribution in [1.82, 2.24) is 5.32 Å². The molecule has 1 amide bonds. The third-order valence-corrected chi connectivity index (χ3v) is 4.49. The Bertz CT molecular complexity index is 1180. The number of nitrogens with one attached hydrogen (secondary N) is 1. The summed E-state index contributed by atoms with van der Waals surface area (Å²) >= 11 is 0. The van der Waals surface area contributed by atoms with Crippen LogP contribution >= 0.6 is 0 Å². The molecule has 0 radical (unpaired) electrons. The number of fused-ring (bicyclic) bond motifs is 1. The van der Waals surface area contributed by atoms with Crippen LogP contribution in [0.3, 0.4) is 0 Å². The second-order valence-electron chi connectivity index (χ2n) is 7.34. The van der Waals surface area contributed by atoms with Gasteiger partial charge in [-0.1, -0.05) is 44.2 Å². The number of aliphatic carboxylic acids is 1. The minimum absolute atomic E-state index is 0.00908. The van der Waals surface area contributed by atoms with E-state index in [1.54, 1.807) is 44.2 Å². The van der Waals surface area contributed by atoms with Crippen LogP contribution in [0, 0.1) is 5.92 Å². The number of carbonyl (C=O) groups excluding carboxylic acids is 1. The highest BCUT2D eigenvalue weighted by atomic mass is 16.6. The van der Waals surface area contributed by atoms with Gasteiger partial charge in [-0.2, -0.15) is 0 Å². The van der Waals surface area contributed by atoms with Crippen molar-refractivity contribution in [1.29, 1.82) is 0 Å². The summed E-state index contributed by atoms with van der Waals surface area (Å²) in [6, 6.07) is 9.79. The summed E-state index contributed by atoms with van der Waals surface area (Å²) in [5.41, 5.74) is -0.125. The molecule has 31 heavy (non-hydrogen) atoms. The van der Waals surface area contributed by atoms with E-state index in [2.05, 4.69) is 5.32 Å². The van der Waals surface area contributed by atoms with Crippen molar-refractivity contribution >= 4 is 23.0 Å². The van der Waals surface area contributed by atoms with E-state index in [-0.39, 0.29) is 29.1 Å². The van der Waals surface area contributed by atoms with Gasteiger partial charge in [0.25, 0.3) is 0 Å². The number of hydrogen-bond acceptors (Lipinski definition) is 7. The van der Waals surface area contributed by atoms with E-state index in [0.717, 1.165) is 6.07 Å². The summed E-state index contributed by atoms with van der Waals surface area (Å²) in [5, 5.41) is 31.6. The second kappa shape index (κ2) is 8.78. The summed E-state index contributed by atoms with van der Waals surface area (Å²) in [6.45, 7) is 3.59. The van der Waals surface area contributed by atoms with Crippen LogP contribution in [0.25, 0.3) is 22.3 Å². The molecule has 4 N–H and O–H groups in total. The van der Waals surface area contributed by atoms with Crippen molar-refractivity contribution in [3.8, 4) is 28.6 Å². The number of carboxylic acids is 1. The number of amides is 1. The Hall–Kier alpha value is -4.01. The topological polar surface area (TPSA) is 146 Å². The predicted octanol–water partition coefficient (Wildman–Crippen LogP) is 3.46. The summed E-state index contributed by atoms with van der Waals surface area (Å²) < 4.78 is 10.7. The van der Waals surface area contributed by atoms with Crippen molar-refractivity contribution in [2.24, 2.45) is 5.92 Å². The molecule has 1 aromatic heterocycles. The fraction of sp³-hybridized carbons (Fsp3) is 0.227. The van der Waals surface area contributed by atoms with Crippen LogP contribution in [-0.2, 0) is 4.79 Å². The fourth-order valence-electron chi connectivity index (χ4n) is 3.06. The van der Waals surface area contributed by atoms with E-state index in [9.17, 15) is 29.7 Å². The monoisotopic (exact) mass is 427 g/mol. The van der Waals surface area contributed by atoms with E-state index >= 15 is 0 Å². The predicted molar refractivity (Wildman–Crippen MR) is 111 cm³/mol. The van der Waals surface area contributed by atoms with Gasteiger partial charge in [0.15, 0.2) is 16.9 Å². The minimum Gasteiger partial charge on any atom is -0.504 e. The van der Waals surface area contributed by atoms with Crippen LogP contribution in [0.15, 0.2) is 51.7 Å². The molecule has 0 aliphatic carbocycles. The third-order valence-electron chi connectivity index (χ3n) is 4.49. The van der Waals surface area contributed by atoms with E-state index in [4.69, 9.17) is 9.15 Å². The lowest BCUT2D eigenvalue weighted by Gasteiger charge is -2.16. The average Bonchev–Trinajstić information content (AvgIpc) is 2.71. The van der Waals surface area contributed by atoms with E-state index in [1.807, 2.05) is 0 Å². The Morgan fingerprint density at radius 1 is 1.10 bits per heavy atom. The van der Waals surface area contributed by atoms with Crippen molar-refractivity contribution in [3.63, 3.8) is 0 Å². The van der Waals surface area contributed by atoms with Crippen LogP contribution in [0.4, 0.5) is 4.79 Å². The summed E-state index contributed by atoms with van der Waals surface area (Å²) in [4.78, 5) is 36.0. The van der Waals surface area contributed by atoms with Gasteiger partial charge in [-0.25, -0.2) is 9.59 Å². The molecule has 0 bridgehead atoms. The molecule has 3 aromatic rings. The van der Waals surface area contributed by atoms with Gasteiger partial charge < -0.3 is 29.8 Å². The molecular formula is C22H21NO8. The summed E-state index contributed by atoms with van der Waals surface area (Å²) in [7, 11) is 0. The lowest BCUT2D eigenvalue weighted by molar-refractivity contribution is -0.139. The van der Waals surface area contributed by atoms with Crippen LogP contribution in [0.1, 0.15) is 20.3 Å². The molecule has 9 heteroatoms. The Labute approximate surface area is 176 Å². The van der Waals surface area contributed by atoms with Gasteiger partial charge in [-0.05, 0) is 12.3 Å². The average molecular weight is 427 g/mol. The molecule has 2 aromatic carbocycles. The molecule has 1 atom stereocenters. The van der Waals surface area contributed by atoms with Crippen LogP contribution in [0.2, 0.25) is 0 Å². The number of rotatable bonds is 6. The maximum Gasteiger partial charge on any atom is 0.413 e. The first kappa shape index (κ1) is 21.7. The number of phenolic OH excluding ortho intramolecular Hbond substituents is 2. The molecule has 0 fully saturated rings. The summed E-state index contributed by atoms with van der Waals surface area (Å²) in [6.07, 6.45) is -0.988. The molecular weight excluding hydrogens is 406 g/mol. The molecule has 1 heterocycles. The first-order valence-corrected chi connectivity index (χ1v) is 9.46. The Kier molecular flexibility index (Phi) is 6.15. The van der Waals surface area contributed by atoms with Gasteiger partial charge >= 0.3 is 12.1 Å². The maximum absolute atomic E-state index is 12.5. The first-order valence-electron chi connectivity index (χ1n) is 9.46. The second-order valence-corrected chi connectivity index (χ2v) is 7.34. The van der Waals surface area contributed by atoms with Crippen LogP contribution in [-0.4, -0.2) is 33.4 Å². The fourth-order valence-corrected chi connectivity index (χ4v) is 3.06. The van der Waals surface area contributed by atoms with E-state index in [0.29, 0.717) is 5.56 Å². The number of ether oxygens (including phenoxy) is 1. The number of carbonyl (C=O) groups is 2. The van der Waals surface area contributed by atoms with Crippen molar-refractivity contribution in [2.45, 2.75) is 26.3 Å². The molecule has 9 nitrogen and oxygen atoms in total. The van der Waals surface area contributed by atoms with Gasteiger partial charge in [0.05, 0.1) is 0 Å². The Morgan fingerprint density at radius 3 is 2.39 bits per heavy atom. The third kappa shape index (κ3) is 4.77. The number of aromatic hydroxyl groups is 2. The lowest BCUT2D eigenvalue weighted by atomic mass is 10.0. The van der Waals surface area contributed by atoms with Gasteiger partial charge in [0, 0.05) is 17.7 Å². The maximum atomic E-state index is 12.5. The molecule has 3 rings (SSSR count). The Balaban J connectivity index is 1.97. The van der Waals surface area contributed by atoms with Gasteiger partial charge in [-0.3, -0.25) is 4.79 Å². The highest BCUT2D eigenvalue weighted by Crippen LogP contribution is 2.41. The van der Waals surface area contributed by atoms with Gasteiger partial charge in [0.2, 0.25) is 5.75 Å². The molecule has 0 spiro atoms. The highest BCUT2D eigenvalue weighted by Gasteiger charge is 2.24. The zero-order valence-electron chi connectivity index (χ0n) is 16.8. The number of carboxylic acid groups (broad SMARTS) is 1. The quantitative estimate of drug-likeness (QED) is 0.438. The van der Waals surface area contributed by atoms with Crippen molar-refractivity contribution < 1.29 is 34.1 Å². The zero-order chi connectivity index (χ0) is 22.7. The van der Waals surface area contributed by atoms with Gasteiger partial charge in [-0.15, -0.1) is 0 Å². The first-order chi connectivity index (χ1) is 14.7. The minimum atomic E-state index is -1.24. The molecule has 0 aliphatic rings. The van der Waals surface area contributed by atoms with Crippen LogP contribution in [0.5, 0.6) is 17.2 Å². The van der Waals surface area contributed by atoms with Crippen molar-refractivity contribution in [2.75, 3.05) is 0 Å². The highest BCUT2D eigenvalue weighted by molar-refractivity contribution is 5.90. The molecule has 0 saturated carbocycles. The molecule has 162 valence electrons. The van der Waals surface area contributed by atoms with Crippen LogP contribution < -0.4 is 15.5 Å². The van der Waals surface area contributed by atoms with Gasteiger partial charge in [0.1, 0.15) is 22.8 Å². The molecule has 0 aliphatic heterocycles. The number of benzene rings is 2. The lowest BCUT2D eigenvalue weighted by Crippen LogP contribution is -2.43. The van der Waals surface area contributed by atoms with E-state index < -0.39 is 40.8 Å². The standard InChI is InChI=1S/C22H21NO8/c1-11(2)8-13(21(27)28)23-22(29)31-17-10-16-18(20(26)19(17)25)14(24)9-15(30-16)12-6-4-3-5-7-12/h3-7,9-11,13,25-26H,8H2,1-2H3,(H,23,29)(H,27,28)/t13-/m0/s1. The van der Waals surface area contributed by atoms with E-state index in [1.165, 1.54) is 6.07 Å². The summed E-state index contributed by atoms with van der Waals surface area (Å²) in [5.74, 6) is -3.20. The number of hydrogen-bond donors (Lipinski definition) is 4. The smallest absolute Gasteiger partial charge is 0.413 e. The largest absolute Gasteiger partial charge is 0.504 e. The normalized spacial score (nSPS) is 12.0. The SMILES string of the molecule is CC(C)C[C@H](NC(=O)Oc1cc2oc(-c3ccccc3)cc(=O)c2c(O)c1O)C(=O)O. The molecule has 0 unspecified atom stereocenters. The Morgan fingerprint density at radius 2 is 1.77 bits per heavy atom. The zero-order valence-corrected chi connectivity index (χ0v) is 16.8. The number of phenols is 2. The molecule has 0 saturated heterocycles. The van der Waals surface area contributed by atoms with Crippen molar-refractivity contribution in [3.05, 3.63) is 52.7 Å².